The monoisotopic (exact) mass is 485 g/mol. The maximum atomic E-state index is 2.59. The van der Waals surface area contributed by atoms with Crippen molar-refractivity contribution in [1.82, 2.24) is 0 Å². The van der Waals surface area contributed by atoms with Crippen LogP contribution in [0, 0.1) is 65.1 Å². The van der Waals surface area contributed by atoms with E-state index < -0.39 is 0 Å². The molecule has 0 aliphatic heterocycles. The van der Waals surface area contributed by atoms with Gasteiger partial charge in [0, 0.05) is 0 Å². The van der Waals surface area contributed by atoms with E-state index in [1.54, 1.807) is 64.2 Å². The van der Waals surface area contributed by atoms with Gasteiger partial charge in [-0.05, 0) is 110 Å². The van der Waals surface area contributed by atoms with Crippen LogP contribution in [0.25, 0.3) is 0 Å². The van der Waals surface area contributed by atoms with Crippen LogP contribution in [0.3, 0.4) is 0 Å². The van der Waals surface area contributed by atoms with Crippen molar-refractivity contribution in [3.8, 4) is 0 Å². The van der Waals surface area contributed by atoms with Gasteiger partial charge >= 0.3 is 0 Å². The summed E-state index contributed by atoms with van der Waals surface area (Å²) in [4.78, 5) is 0. The Labute approximate surface area is 221 Å². The number of rotatable bonds is 7. The quantitative estimate of drug-likeness (QED) is 0.337. The molecular weight excluding hydrogens is 420 g/mol. The summed E-state index contributed by atoms with van der Waals surface area (Å²) in [5.41, 5.74) is 0. The standard InChI is InChI=1S/C19H34.C16H30/c1-3-4-11-17-14(2)13-16-10-7-12-18(16)19(17)15-8-5-6-9-15;1-4-13-7-9-16(14(5-2)11-13)15-8-6-12(3)10-15/h14-19H,3-13H2,1-2H3;12-16H,4-11H2,1-3H3. The maximum Gasteiger partial charge on any atom is -0.0324 e. The molecule has 10 atom stereocenters. The average molecular weight is 485 g/mol. The minimum atomic E-state index is 1.02. The Balaban J connectivity index is 0.000000168. The molecule has 0 saturated heterocycles. The van der Waals surface area contributed by atoms with Gasteiger partial charge in [0.05, 0.1) is 0 Å². The summed E-state index contributed by atoms with van der Waals surface area (Å²) in [6.07, 6.45) is 29.0. The van der Waals surface area contributed by atoms with Crippen LogP contribution >= 0.6 is 0 Å². The fourth-order valence-electron chi connectivity index (χ4n) is 10.7. The molecule has 0 aromatic rings. The maximum absolute atomic E-state index is 2.59. The third-order valence-corrected chi connectivity index (χ3v) is 12.5. The second-order valence-electron chi connectivity index (χ2n) is 14.6. The molecule has 0 bridgehead atoms. The van der Waals surface area contributed by atoms with Crippen molar-refractivity contribution < 1.29 is 0 Å². The number of fused-ring (bicyclic) bond motifs is 1. The molecule has 5 aliphatic rings. The van der Waals surface area contributed by atoms with Crippen molar-refractivity contribution in [3.05, 3.63) is 0 Å². The molecule has 5 aliphatic carbocycles. The Morgan fingerprint density at radius 1 is 0.600 bits per heavy atom. The molecule has 0 N–H and O–H groups in total. The molecule has 0 heterocycles. The molecule has 0 spiro atoms. The first-order valence-electron chi connectivity index (χ1n) is 17.0. The number of unbranched alkanes of at least 4 members (excludes halogenated alkanes) is 1. The molecule has 5 fully saturated rings. The second-order valence-corrected chi connectivity index (χ2v) is 14.6. The average Bonchev–Trinajstić information content (AvgIpc) is 3.65. The Morgan fingerprint density at radius 3 is 2.00 bits per heavy atom. The van der Waals surface area contributed by atoms with E-state index in [0.717, 1.165) is 65.1 Å². The van der Waals surface area contributed by atoms with E-state index in [2.05, 4.69) is 34.6 Å². The highest BCUT2D eigenvalue weighted by atomic mass is 14.5. The van der Waals surface area contributed by atoms with Crippen molar-refractivity contribution in [1.29, 1.82) is 0 Å². The minimum Gasteiger partial charge on any atom is -0.0654 e. The summed E-state index contributed by atoms with van der Waals surface area (Å²) in [6.45, 7) is 12.2. The van der Waals surface area contributed by atoms with Crippen LogP contribution in [0.1, 0.15) is 157 Å². The lowest BCUT2D eigenvalue weighted by Crippen LogP contribution is -2.40. The van der Waals surface area contributed by atoms with Gasteiger partial charge in [-0.3, -0.25) is 0 Å². The van der Waals surface area contributed by atoms with E-state index in [0.29, 0.717) is 0 Å². The highest BCUT2D eigenvalue weighted by Crippen LogP contribution is 2.56. The smallest absolute Gasteiger partial charge is 0.0324 e. The van der Waals surface area contributed by atoms with Crippen molar-refractivity contribution >= 4 is 0 Å². The van der Waals surface area contributed by atoms with Gasteiger partial charge in [0.2, 0.25) is 0 Å². The summed E-state index contributed by atoms with van der Waals surface area (Å²) < 4.78 is 0. The molecule has 35 heavy (non-hydrogen) atoms. The molecule has 0 aromatic carbocycles. The van der Waals surface area contributed by atoms with Gasteiger partial charge in [-0.25, -0.2) is 0 Å². The molecule has 0 nitrogen and oxygen atoms in total. The fourth-order valence-corrected chi connectivity index (χ4v) is 10.7. The molecule has 5 rings (SSSR count). The van der Waals surface area contributed by atoms with Crippen LogP contribution in [-0.2, 0) is 0 Å². The van der Waals surface area contributed by atoms with Crippen molar-refractivity contribution in [2.24, 2.45) is 65.1 Å². The Hall–Kier alpha value is 0. The van der Waals surface area contributed by atoms with Gasteiger partial charge in [-0.15, -0.1) is 0 Å². The molecule has 204 valence electrons. The van der Waals surface area contributed by atoms with Crippen LogP contribution in [0.2, 0.25) is 0 Å². The lowest BCUT2D eigenvalue weighted by atomic mass is 9.58. The van der Waals surface area contributed by atoms with E-state index in [-0.39, 0.29) is 0 Å². The van der Waals surface area contributed by atoms with E-state index in [9.17, 15) is 0 Å². The fraction of sp³-hybridized carbons (Fsp3) is 1.00. The zero-order valence-electron chi connectivity index (χ0n) is 24.8. The highest BCUT2D eigenvalue weighted by molar-refractivity contribution is 4.97. The summed E-state index contributed by atoms with van der Waals surface area (Å²) in [5.74, 6) is 12.0. The molecule has 5 saturated carbocycles. The molecular formula is C35H64. The largest absolute Gasteiger partial charge is 0.0654 e. The van der Waals surface area contributed by atoms with E-state index in [4.69, 9.17) is 0 Å². The van der Waals surface area contributed by atoms with Gasteiger partial charge in [0.25, 0.3) is 0 Å². The van der Waals surface area contributed by atoms with Crippen molar-refractivity contribution in [2.75, 3.05) is 0 Å². The number of hydrogen-bond donors (Lipinski definition) is 0. The lowest BCUT2D eigenvalue weighted by Gasteiger charge is -2.47. The first-order valence-corrected chi connectivity index (χ1v) is 17.0. The Kier molecular flexibility index (Phi) is 11.0. The van der Waals surface area contributed by atoms with Crippen LogP contribution < -0.4 is 0 Å². The third-order valence-electron chi connectivity index (χ3n) is 12.5. The molecule has 0 heteroatoms. The van der Waals surface area contributed by atoms with Gasteiger partial charge in [0.15, 0.2) is 0 Å². The van der Waals surface area contributed by atoms with E-state index in [1.807, 2.05) is 0 Å². The topological polar surface area (TPSA) is 0 Å². The molecule has 0 radical (unpaired) electrons. The van der Waals surface area contributed by atoms with Crippen LogP contribution in [0.15, 0.2) is 0 Å². The third kappa shape index (κ3) is 6.91. The van der Waals surface area contributed by atoms with E-state index >= 15 is 0 Å². The highest BCUT2D eigenvalue weighted by Gasteiger charge is 2.47. The van der Waals surface area contributed by atoms with Gasteiger partial charge in [-0.2, -0.15) is 0 Å². The molecule has 10 unspecified atom stereocenters. The van der Waals surface area contributed by atoms with Crippen molar-refractivity contribution in [2.45, 2.75) is 157 Å². The minimum absolute atomic E-state index is 1.02. The van der Waals surface area contributed by atoms with Gasteiger partial charge < -0.3 is 0 Å². The van der Waals surface area contributed by atoms with Crippen LogP contribution in [0.5, 0.6) is 0 Å². The van der Waals surface area contributed by atoms with Crippen LogP contribution in [-0.4, -0.2) is 0 Å². The summed E-state index contributed by atoms with van der Waals surface area (Å²) in [7, 11) is 0. The lowest BCUT2D eigenvalue weighted by molar-refractivity contribution is 0.0160. The second kappa shape index (κ2) is 13.7. The zero-order valence-corrected chi connectivity index (χ0v) is 24.8. The summed E-state index contributed by atoms with van der Waals surface area (Å²) in [6, 6.07) is 0. The normalized spacial score (nSPS) is 44.1. The Morgan fingerprint density at radius 2 is 1.34 bits per heavy atom. The van der Waals surface area contributed by atoms with Gasteiger partial charge in [-0.1, -0.05) is 112 Å². The van der Waals surface area contributed by atoms with E-state index in [1.165, 1.54) is 57.8 Å². The predicted octanol–water partition coefficient (Wildman–Crippen LogP) is 11.3. The SMILES string of the molecule is CCC1CCC(C2CCC(C)C2)C(CC)C1.CCCCC1C(C)CC2CCCC2C1C1CCCC1. The Bertz CT molecular complexity index is 587. The predicted molar refractivity (Wildman–Crippen MR) is 154 cm³/mol. The van der Waals surface area contributed by atoms with Gasteiger partial charge in [0.1, 0.15) is 0 Å². The number of hydrogen-bond acceptors (Lipinski definition) is 0. The van der Waals surface area contributed by atoms with Crippen LogP contribution in [0.4, 0.5) is 0 Å². The first kappa shape index (κ1) is 28.0. The van der Waals surface area contributed by atoms with Crippen molar-refractivity contribution in [3.63, 3.8) is 0 Å². The zero-order chi connectivity index (χ0) is 24.8. The summed E-state index contributed by atoms with van der Waals surface area (Å²) >= 11 is 0. The molecule has 0 aromatic heterocycles. The molecule has 0 amide bonds. The summed E-state index contributed by atoms with van der Waals surface area (Å²) in [5, 5.41) is 0. The first-order chi connectivity index (χ1) is 17.0.